The van der Waals surface area contributed by atoms with Gasteiger partial charge < -0.3 is 10.3 Å². The first-order valence-corrected chi connectivity index (χ1v) is 5.71. The molecule has 0 fully saturated rings. The van der Waals surface area contributed by atoms with Crippen molar-refractivity contribution < 1.29 is 4.52 Å². The van der Waals surface area contributed by atoms with Crippen molar-refractivity contribution in [1.82, 2.24) is 20.1 Å². The maximum Gasteiger partial charge on any atom is 0.259 e. The predicted molar refractivity (Wildman–Crippen MR) is 69.9 cm³/mol. The van der Waals surface area contributed by atoms with Crippen LogP contribution >= 0.6 is 0 Å². The molecule has 0 unspecified atom stereocenters. The second-order valence-corrected chi connectivity index (χ2v) is 4.06. The summed E-state index contributed by atoms with van der Waals surface area (Å²) >= 11 is 0. The van der Waals surface area contributed by atoms with E-state index in [1.807, 2.05) is 19.1 Å². The highest BCUT2D eigenvalue weighted by molar-refractivity contribution is 5.59. The Balaban J connectivity index is 2.00. The molecule has 0 bridgehead atoms. The molecule has 3 aromatic heterocycles. The van der Waals surface area contributed by atoms with Crippen LogP contribution in [0.3, 0.4) is 0 Å². The summed E-state index contributed by atoms with van der Waals surface area (Å²) in [6, 6.07) is 7.28. The Bertz CT molecular complexity index is 705. The number of pyridine rings is 2. The first-order chi connectivity index (χ1) is 9.24. The van der Waals surface area contributed by atoms with Crippen molar-refractivity contribution in [3.63, 3.8) is 0 Å². The number of aryl methyl sites for hydroxylation is 1. The Labute approximate surface area is 109 Å². The van der Waals surface area contributed by atoms with Crippen LogP contribution in [0, 0.1) is 6.92 Å². The Morgan fingerprint density at radius 1 is 1.16 bits per heavy atom. The minimum Gasteiger partial charge on any atom is -0.384 e. The SMILES string of the molecule is Cc1cccnc1-c1noc(-c2ccc(N)nc2)n1. The van der Waals surface area contributed by atoms with Crippen LogP contribution in [0.4, 0.5) is 5.82 Å². The van der Waals surface area contributed by atoms with E-state index in [0.717, 1.165) is 11.1 Å². The summed E-state index contributed by atoms with van der Waals surface area (Å²) < 4.78 is 5.22. The zero-order valence-corrected chi connectivity index (χ0v) is 10.2. The Kier molecular flexibility index (Phi) is 2.68. The van der Waals surface area contributed by atoms with Gasteiger partial charge in [-0.25, -0.2) is 4.98 Å². The average molecular weight is 253 g/mol. The molecule has 3 heterocycles. The van der Waals surface area contributed by atoms with E-state index in [0.29, 0.717) is 23.2 Å². The maximum absolute atomic E-state index is 5.53. The summed E-state index contributed by atoms with van der Waals surface area (Å²) in [5.41, 5.74) is 7.96. The van der Waals surface area contributed by atoms with Gasteiger partial charge in [0.05, 0.1) is 5.56 Å². The Hall–Kier alpha value is -2.76. The molecule has 2 N–H and O–H groups in total. The topological polar surface area (TPSA) is 90.7 Å². The summed E-state index contributed by atoms with van der Waals surface area (Å²) in [6.45, 7) is 1.95. The fraction of sp³-hybridized carbons (Fsp3) is 0.0769. The van der Waals surface area contributed by atoms with Gasteiger partial charge in [0.1, 0.15) is 11.5 Å². The van der Waals surface area contributed by atoms with Gasteiger partial charge in [-0.05, 0) is 30.7 Å². The highest BCUT2D eigenvalue weighted by Gasteiger charge is 2.13. The molecule has 19 heavy (non-hydrogen) atoms. The van der Waals surface area contributed by atoms with Crippen LogP contribution in [0.2, 0.25) is 0 Å². The highest BCUT2D eigenvalue weighted by Crippen LogP contribution is 2.22. The molecule has 0 saturated heterocycles. The summed E-state index contributed by atoms with van der Waals surface area (Å²) in [5, 5.41) is 3.94. The average Bonchev–Trinajstić information content (AvgIpc) is 2.89. The number of nitrogen functional groups attached to an aromatic ring is 1. The summed E-state index contributed by atoms with van der Waals surface area (Å²) in [7, 11) is 0. The quantitative estimate of drug-likeness (QED) is 0.751. The molecule has 0 amide bonds. The van der Waals surface area contributed by atoms with Crippen molar-refractivity contribution in [2.75, 3.05) is 5.73 Å². The predicted octanol–water partition coefficient (Wildman–Crippen LogP) is 2.08. The number of hydrogen-bond acceptors (Lipinski definition) is 6. The Morgan fingerprint density at radius 3 is 2.79 bits per heavy atom. The molecular formula is C13H11N5O. The zero-order valence-electron chi connectivity index (χ0n) is 10.2. The van der Waals surface area contributed by atoms with Gasteiger partial charge in [0.25, 0.3) is 5.89 Å². The van der Waals surface area contributed by atoms with Crippen LogP contribution in [0.5, 0.6) is 0 Å². The molecule has 0 aliphatic heterocycles. The van der Waals surface area contributed by atoms with Gasteiger partial charge in [0.2, 0.25) is 5.82 Å². The van der Waals surface area contributed by atoms with E-state index in [-0.39, 0.29) is 0 Å². The van der Waals surface area contributed by atoms with Crippen LogP contribution in [0.15, 0.2) is 41.2 Å². The normalized spacial score (nSPS) is 10.6. The monoisotopic (exact) mass is 253 g/mol. The summed E-state index contributed by atoms with van der Waals surface area (Å²) in [4.78, 5) is 12.6. The van der Waals surface area contributed by atoms with E-state index in [2.05, 4.69) is 20.1 Å². The second-order valence-electron chi connectivity index (χ2n) is 4.06. The van der Waals surface area contributed by atoms with Crippen molar-refractivity contribution in [1.29, 1.82) is 0 Å². The molecule has 3 rings (SSSR count). The molecule has 0 saturated carbocycles. The van der Waals surface area contributed by atoms with Crippen LogP contribution in [-0.4, -0.2) is 20.1 Å². The molecule has 0 radical (unpaired) electrons. The fourth-order valence-corrected chi connectivity index (χ4v) is 1.69. The third-order valence-electron chi connectivity index (χ3n) is 2.68. The standard InChI is InChI=1S/C13H11N5O/c1-8-3-2-6-15-11(8)12-17-13(19-18-12)9-4-5-10(14)16-7-9/h2-7H,1H3,(H2,14,16). The van der Waals surface area contributed by atoms with Gasteiger partial charge in [-0.2, -0.15) is 4.98 Å². The molecule has 0 atom stereocenters. The van der Waals surface area contributed by atoms with Crippen LogP contribution in [0.25, 0.3) is 23.0 Å². The summed E-state index contributed by atoms with van der Waals surface area (Å²) in [5.74, 6) is 1.31. The van der Waals surface area contributed by atoms with Gasteiger partial charge >= 0.3 is 0 Å². The van der Waals surface area contributed by atoms with Gasteiger partial charge in [0, 0.05) is 12.4 Å². The van der Waals surface area contributed by atoms with Crippen LogP contribution in [-0.2, 0) is 0 Å². The van der Waals surface area contributed by atoms with Gasteiger partial charge in [-0.3, -0.25) is 4.98 Å². The zero-order chi connectivity index (χ0) is 13.2. The third-order valence-corrected chi connectivity index (χ3v) is 2.68. The van der Waals surface area contributed by atoms with Crippen molar-refractivity contribution in [3.05, 3.63) is 42.2 Å². The lowest BCUT2D eigenvalue weighted by Gasteiger charge is -1.97. The second kappa shape index (κ2) is 4.49. The lowest BCUT2D eigenvalue weighted by atomic mass is 10.2. The first-order valence-electron chi connectivity index (χ1n) is 5.71. The number of rotatable bonds is 2. The molecule has 0 aliphatic rings. The van der Waals surface area contributed by atoms with Crippen molar-refractivity contribution in [3.8, 4) is 23.0 Å². The van der Waals surface area contributed by atoms with Crippen molar-refractivity contribution >= 4 is 5.82 Å². The van der Waals surface area contributed by atoms with E-state index >= 15 is 0 Å². The largest absolute Gasteiger partial charge is 0.384 e. The molecule has 3 aromatic rings. The highest BCUT2D eigenvalue weighted by atomic mass is 16.5. The number of nitrogens with two attached hydrogens (primary N) is 1. The lowest BCUT2D eigenvalue weighted by molar-refractivity contribution is 0.432. The minimum absolute atomic E-state index is 0.396. The van der Waals surface area contributed by atoms with Gasteiger partial charge in [-0.15, -0.1) is 0 Å². The van der Waals surface area contributed by atoms with Gasteiger partial charge in [-0.1, -0.05) is 11.2 Å². The molecule has 6 heteroatoms. The van der Waals surface area contributed by atoms with Crippen molar-refractivity contribution in [2.45, 2.75) is 6.92 Å². The Morgan fingerprint density at radius 2 is 2.05 bits per heavy atom. The van der Waals surface area contributed by atoms with Crippen molar-refractivity contribution in [2.24, 2.45) is 0 Å². The van der Waals surface area contributed by atoms with E-state index in [9.17, 15) is 0 Å². The van der Waals surface area contributed by atoms with E-state index in [4.69, 9.17) is 10.3 Å². The third kappa shape index (κ3) is 2.15. The number of hydrogen-bond donors (Lipinski definition) is 1. The molecule has 6 nitrogen and oxygen atoms in total. The molecule has 0 spiro atoms. The van der Waals surface area contributed by atoms with E-state index in [1.165, 1.54) is 0 Å². The molecule has 0 aliphatic carbocycles. The molecule has 0 aromatic carbocycles. The molecular weight excluding hydrogens is 242 g/mol. The number of anilines is 1. The smallest absolute Gasteiger partial charge is 0.259 e. The van der Waals surface area contributed by atoms with Gasteiger partial charge in [0.15, 0.2) is 0 Å². The number of nitrogens with zero attached hydrogens (tertiary/aromatic N) is 4. The maximum atomic E-state index is 5.53. The molecule has 94 valence electrons. The first kappa shape index (κ1) is 11.3. The fourth-order valence-electron chi connectivity index (χ4n) is 1.69. The minimum atomic E-state index is 0.396. The van der Waals surface area contributed by atoms with E-state index in [1.54, 1.807) is 24.5 Å². The lowest BCUT2D eigenvalue weighted by Crippen LogP contribution is -1.90. The van der Waals surface area contributed by atoms with E-state index < -0.39 is 0 Å². The summed E-state index contributed by atoms with van der Waals surface area (Å²) in [6.07, 6.45) is 3.29. The van der Waals surface area contributed by atoms with Crippen LogP contribution in [0.1, 0.15) is 5.56 Å². The number of aromatic nitrogens is 4. The van der Waals surface area contributed by atoms with Crippen LogP contribution < -0.4 is 5.73 Å².